The maximum Gasteiger partial charge on any atom is 0.278 e. The molecule has 3 aromatic heterocycles. The average molecular weight is 565 g/mol. The first-order valence-corrected chi connectivity index (χ1v) is 14.0. The minimum Gasteiger partial charge on any atom is -0.492 e. The van der Waals surface area contributed by atoms with E-state index in [9.17, 15) is 9.59 Å². The van der Waals surface area contributed by atoms with Gasteiger partial charge in [0, 0.05) is 11.8 Å². The third-order valence-corrected chi connectivity index (χ3v) is 7.93. The quantitative estimate of drug-likeness (QED) is 0.147. The summed E-state index contributed by atoms with van der Waals surface area (Å²) in [6.07, 6.45) is 0. The van der Waals surface area contributed by atoms with Gasteiger partial charge in [-0.1, -0.05) is 53.4 Å². The fraction of sp³-hybridized carbons (Fsp3) is 0.192. The maximum absolute atomic E-state index is 14.0. The number of thioether (sulfide) groups is 1. The number of amides is 1. The van der Waals surface area contributed by atoms with Gasteiger partial charge in [-0.15, -0.1) is 0 Å². The number of aromatic nitrogens is 5. The third-order valence-electron chi connectivity index (χ3n) is 5.65. The van der Waals surface area contributed by atoms with Crippen LogP contribution >= 0.6 is 35.3 Å². The molecule has 0 fully saturated rings. The number of aromatic amines is 1. The van der Waals surface area contributed by atoms with Gasteiger partial charge in [-0.05, 0) is 56.8 Å². The van der Waals surface area contributed by atoms with Crippen molar-refractivity contribution >= 4 is 57.4 Å². The molecule has 5 aromatic rings. The van der Waals surface area contributed by atoms with Crippen LogP contribution in [-0.2, 0) is 4.79 Å². The fourth-order valence-corrected chi connectivity index (χ4v) is 6.07. The molecule has 0 aliphatic heterocycles. The van der Waals surface area contributed by atoms with E-state index in [2.05, 4.69) is 15.5 Å². The number of nitrogens with one attached hydrogen (secondary N) is 2. The molecule has 0 aliphatic rings. The molecule has 38 heavy (non-hydrogen) atoms. The number of carbonyl (C=O) groups is 1. The zero-order chi connectivity index (χ0) is 26.8. The molecule has 0 unspecified atom stereocenters. The molecular formula is C26H24N6O3S3. The molecule has 194 valence electrons. The molecule has 0 bridgehead atoms. The second-order valence-electron chi connectivity index (χ2n) is 8.35. The lowest BCUT2D eigenvalue weighted by Gasteiger charge is -2.15. The summed E-state index contributed by atoms with van der Waals surface area (Å²) in [5.41, 5.74) is 3.31. The van der Waals surface area contributed by atoms with E-state index in [1.54, 1.807) is 15.2 Å². The number of thiazole rings is 1. The van der Waals surface area contributed by atoms with Gasteiger partial charge in [0.15, 0.2) is 20.6 Å². The van der Waals surface area contributed by atoms with Crippen LogP contribution in [0.3, 0.4) is 0 Å². The largest absolute Gasteiger partial charge is 0.492 e. The summed E-state index contributed by atoms with van der Waals surface area (Å²) in [4.78, 5) is 31.6. The number of fused-ring (bicyclic) bond motifs is 1. The van der Waals surface area contributed by atoms with Crippen molar-refractivity contribution in [3.63, 3.8) is 0 Å². The Balaban J connectivity index is 1.65. The number of H-pyrrole nitrogens is 1. The predicted molar refractivity (Wildman–Crippen MR) is 154 cm³/mol. The van der Waals surface area contributed by atoms with Crippen LogP contribution in [0, 0.1) is 17.8 Å². The summed E-state index contributed by atoms with van der Waals surface area (Å²) in [6.45, 7) is 6.17. The number of benzene rings is 2. The number of hydrogen-bond acceptors (Lipinski definition) is 8. The highest BCUT2D eigenvalue weighted by Gasteiger charge is 2.22. The van der Waals surface area contributed by atoms with Crippen LogP contribution in [0.25, 0.3) is 21.7 Å². The van der Waals surface area contributed by atoms with Gasteiger partial charge < -0.3 is 10.1 Å². The lowest BCUT2D eigenvalue weighted by atomic mass is 10.2. The monoisotopic (exact) mass is 564 g/mol. The van der Waals surface area contributed by atoms with E-state index < -0.39 is 0 Å². The Hall–Kier alpha value is -3.74. The summed E-state index contributed by atoms with van der Waals surface area (Å²) in [5, 5.41) is 9.99. The zero-order valence-electron chi connectivity index (χ0n) is 20.8. The maximum atomic E-state index is 14.0. The summed E-state index contributed by atoms with van der Waals surface area (Å²) in [5.74, 6) is 0.831. The SMILES string of the molecule is CCOc1ccccc1-n1c(=S)sc2c(=O)n(-c3ccccc3C)c(SCC(=O)Nc3cc(C)[nH]n3)nc21. The van der Waals surface area contributed by atoms with E-state index in [1.807, 2.05) is 69.3 Å². The molecule has 5 rings (SSSR count). The molecule has 9 nitrogen and oxygen atoms in total. The number of hydrogen-bond donors (Lipinski definition) is 2. The highest BCUT2D eigenvalue weighted by molar-refractivity contribution is 7.99. The minimum absolute atomic E-state index is 0.0239. The van der Waals surface area contributed by atoms with Crippen LogP contribution in [0.5, 0.6) is 5.75 Å². The van der Waals surface area contributed by atoms with E-state index in [0.29, 0.717) is 49.0 Å². The van der Waals surface area contributed by atoms with Crippen LogP contribution in [0.15, 0.2) is 64.5 Å². The summed E-state index contributed by atoms with van der Waals surface area (Å²) >= 11 is 8.08. The molecule has 2 aromatic carbocycles. The molecular weight excluding hydrogens is 541 g/mol. The highest BCUT2D eigenvalue weighted by Crippen LogP contribution is 2.31. The van der Waals surface area contributed by atoms with Crippen molar-refractivity contribution in [1.82, 2.24) is 24.3 Å². The molecule has 0 aliphatic carbocycles. The van der Waals surface area contributed by atoms with Crippen molar-refractivity contribution in [1.29, 1.82) is 0 Å². The normalized spacial score (nSPS) is 11.1. The van der Waals surface area contributed by atoms with Gasteiger partial charge in [-0.3, -0.25) is 23.8 Å². The summed E-state index contributed by atoms with van der Waals surface area (Å²) < 4.78 is 10.0. The number of ether oxygens (including phenoxy) is 1. The van der Waals surface area contributed by atoms with Gasteiger partial charge in [-0.25, -0.2) is 4.98 Å². The first-order valence-electron chi connectivity index (χ1n) is 11.8. The van der Waals surface area contributed by atoms with Crippen LogP contribution < -0.4 is 15.6 Å². The van der Waals surface area contributed by atoms with Gasteiger partial charge in [0.1, 0.15) is 10.4 Å². The first-order chi connectivity index (χ1) is 18.4. The lowest BCUT2D eigenvalue weighted by Crippen LogP contribution is -2.23. The van der Waals surface area contributed by atoms with Crippen molar-refractivity contribution in [2.75, 3.05) is 17.7 Å². The Kier molecular flexibility index (Phi) is 7.45. The van der Waals surface area contributed by atoms with Gasteiger partial charge in [-0.2, -0.15) is 5.10 Å². The van der Waals surface area contributed by atoms with E-state index in [4.69, 9.17) is 21.9 Å². The second-order valence-corrected chi connectivity index (χ2v) is 10.9. The van der Waals surface area contributed by atoms with Crippen LogP contribution in [-0.4, -0.2) is 42.6 Å². The van der Waals surface area contributed by atoms with E-state index in [-0.39, 0.29) is 17.2 Å². The van der Waals surface area contributed by atoms with Crippen molar-refractivity contribution < 1.29 is 9.53 Å². The smallest absolute Gasteiger partial charge is 0.278 e. The Labute approximate surface area is 231 Å². The molecule has 0 radical (unpaired) electrons. The van der Waals surface area contributed by atoms with Gasteiger partial charge >= 0.3 is 0 Å². The van der Waals surface area contributed by atoms with Crippen LogP contribution in [0.4, 0.5) is 5.82 Å². The number of para-hydroxylation sites is 3. The minimum atomic E-state index is -0.268. The Bertz CT molecular complexity index is 1770. The number of carbonyl (C=O) groups excluding carboxylic acids is 1. The molecule has 2 N–H and O–H groups in total. The van der Waals surface area contributed by atoms with Gasteiger partial charge in [0.05, 0.1) is 23.7 Å². The molecule has 3 heterocycles. The van der Waals surface area contributed by atoms with Crippen molar-refractivity contribution in [2.45, 2.75) is 25.9 Å². The van der Waals surface area contributed by atoms with Crippen molar-refractivity contribution in [2.24, 2.45) is 0 Å². The number of anilines is 1. The molecule has 1 amide bonds. The number of rotatable bonds is 8. The standard InChI is InChI=1S/C26H24N6O3S3/c1-4-35-19-12-8-7-11-18(19)31-23-22(38-26(31)36)24(34)32(17-10-6-5-9-15(17)2)25(28-23)37-14-21(33)27-20-13-16(3)29-30-20/h5-13H,4,14H2,1-3H3,(H2,27,29,30,33). The number of aryl methyl sites for hydroxylation is 2. The lowest BCUT2D eigenvalue weighted by molar-refractivity contribution is -0.113. The molecule has 0 spiro atoms. The van der Waals surface area contributed by atoms with Gasteiger partial charge in [0.25, 0.3) is 5.56 Å². The number of nitrogens with zero attached hydrogens (tertiary/aromatic N) is 4. The molecule has 12 heteroatoms. The molecule has 0 atom stereocenters. The Morgan fingerprint density at radius 1 is 1.13 bits per heavy atom. The first kappa shape index (κ1) is 25.9. The predicted octanol–water partition coefficient (Wildman–Crippen LogP) is 5.44. The van der Waals surface area contributed by atoms with E-state index >= 15 is 0 Å². The fourth-order valence-electron chi connectivity index (χ4n) is 3.98. The molecule has 0 saturated carbocycles. The summed E-state index contributed by atoms with van der Waals surface area (Å²) in [6, 6.07) is 16.8. The van der Waals surface area contributed by atoms with Crippen LogP contribution in [0.1, 0.15) is 18.2 Å². The summed E-state index contributed by atoms with van der Waals surface area (Å²) in [7, 11) is 0. The topological polar surface area (TPSA) is 107 Å². The Morgan fingerprint density at radius 2 is 1.87 bits per heavy atom. The average Bonchev–Trinajstić information content (AvgIpc) is 3.46. The zero-order valence-corrected chi connectivity index (χ0v) is 23.3. The highest BCUT2D eigenvalue weighted by atomic mass is 32.2. The van der Waals surface area contributed by atoms with Crippen molar-refractivity contribution in [3.8, 4) is 17.1 Å². The van der Waals surface area contributed by atoms with Crippen molar-refractivity contribution in [3.05, 3.63) is 80.2 Å². The van der Waals surface area contributed by atoms with E-state index in [0.717, 1.165) is 11.3 Å². The Morgan fingerprint density at radius 3 is 2.58 bits per heavy atom. The third kappa shape index (κ3) is 5.02. The second kappa shape index (κ2) is 10.9. The van der Waals surface area contributed by atoms with E-state index in [1.165, 1.54) is 23.1 Å². The molecule has 0 saturated heterocycles. The van der Waals surface area contributed by atoms with Crippen LogP contribution in [0.2, 0.25) is 0 Å². The van der Waals surface area contributed by atoms with Gasteiger partial charge in [0.2, 0.25) is 5.91 Å².